The van der Waals surface area contributed by atoms with Gasteiger partial charge in [-0.25, -0.2) is 35.1 Å². The summed E-state index contributed by atoms with van der Waals surface area (Å²) in [5.74, 6) is -1.42. The van der Waals surface area contributed by atoms with Crippen LogP contribution in [0.4, 0.5) is 35.1 Å². The molecule has 23 heteroatoms. The summed E-state index contributed by atoms with van der Waals surface area (Å²) in [6.45, 7) is 7.58. The fourth-order valence-corrected chi connectivity index (χ4v) is 18.6. The number of ether oxygens (including phenoxy) is 1. The molecule has 4 aliphatic rings. The van der Waals surface area contributed by atoms with Crippen LogP contribution in [0.2, 0.25) is 0 Å². The maximum Gasteiger partial charge on any atom is 0.252 e. The average molecular weight is 1900 g/mol. The van der Waals surface area contributed by atoms with Crippen molar-refractivity contribution in [3.8, 4) is 0 Å². The molecule has 6 N–H and O–H groups in total. The number of likely N-dealkylation sites (tertiary alicyclic amines) is 1. The lowest BCUT2D eigenvalue weighted by molar-refractivity contribution is -0.128. The van der Waals surface area contributed by atoms with Crippen LogP contribution in [0.3, 0.4) is 0 Å². The van der Waals surface area contributed by atoms with E-state index in [-0.39, 0.29) is 124 Å². The van der Waals surface area contributed by atoms with E-state index in [1.165, 1.54) is 160 Å². The Morgan fingerprint density at radius 1 is 0.324 bits per heavy atom. The summed E-state index contributed by atoms with van der Waals surface area (Å²) in [5, 5.41) is 24.3. The second-order valence-electron chi connectivity index (χ2n) is 36.2. The van der Waals surface area contributed by atoms with E-state index >= 15 is 0 Å². The molecule has 0 radical (unpaired) electrons. The third kappa shape index (κ3) is 34.9. The first-order chi connectivity index (χ1) is 67.7. The summed E-state index contributed by atoms with van der Waals surface area (Å²) in [6.07, 6.45) is 24.2. The lowest BCUT2D eigenvalue weighted by Gasteiger charge is -2.26. The molecule has 4 fully saturated rings. The molecule has 730 valence electrons. The molecule has 0 unspecified atom stereocenters. The highest BCUT2D eigenvalue weighted by Crippen LogP contribution is 2.36. The van der Waals surface area contributed by atoms with Crippen LogP contribution in [0.25, 0.3) is 0 Å². The number of pyridine rings is 2. The number of nitrogens with one attached hydrogen (secondary N) is 5. The Bertz CT molecular complexity index is 5390. The van der Waals surface area contributed by atoms with Crippen LogP contribution in [0.5, 0.6) is 0 Å². The first kappa shape index (κ1) is 105. The molecule has 0 atom stereocenters. The number of carbonyl (C=O) groups excluding carboxylic acids is 5. The van der Waals surface area contributed by atoms with Crippen LogP contribution >= 0.6 is 0 Å². The van der Waals surface area contributed by atoms with Crippen LogP contribution in [0.15, 0.2) is 298 Å². The molecule has 2 saturated heterocycles. The summed E-state index contributed by atoms with van der Waals surface area (Å²) in [5.41, 5.74) is 12.3. The van der Waals surface area contributed by atoms with Crippen molar-refractivity contribution in [2.75, 3.05) is 72.2 Å². The van der Waals surface area contributed by atoms with E-state index in [4.69, 9.17) is 4.74 Å². The zero-order chi connectivity index (χ0) is 97.7. The van der Waals surface area contributed by atoms with Crippen molar-refractivity contribution in [2.45, 2.75) is 164 Å². The van der Waals surface area contributed by atoms with E-state index in [1.54, 1.807) is 122 Å². The van der Waals surface area contributed by atoms with E-state index in [1.807, 2.05) is 12.1 Å². The molecule has 16 rings (SSSR count). The monoisotopic (exact) mass is 1900 g/mol. The Morgan fingerprint density at radius 3 is 0.957 bits per heavy atom. The van der Waals surface area contributed by atoms with Crippen molar-refractivity contribution in [2.24, 2.45) is 23.7 Å². The fraction of sp³-hybridized carbons (Fsp3) is 0.353. The van der Waals surface area contributed by atoms with E-state index in [0.29, 0.717) is 75.2 Å². The molecular weight excluding hydrogens is 1770 g/mol. The van der Waals surface area contributed by atoms with Crippen molar-refractivity contribution in [3.05, 3.63) is 417 Å². The molecule has 4 heterocycles. The van der Waals surface area contributed by atoms with E-state index in [2.05, 4.69) is 102 Å². The van der Waals surface area contributed by atoms with E-state index < -0.39 is 0 Å². The van der Waals surface area contributed by atoms with Crippen molar-refractivity contribution >= 4 is 29.5 Å². The van der Waals surface area contributed by atoms with Gasteiger partial charge in [0.15, 0.2) is 0 Å². The second-order valence-corrected chi connectivity index (χ2v) is 36.2. The predicted molar refractivity (Wildman–Crippen MR) is 530 cm³/mol. The summed E-state index contributed by atoms with van der Waals surface area (Å²) < 4.78 is 112. The third-order valence-corrected chi connectivity index (χ3v) is 26.6. The first-order valence-electron chi connectivity index (χ1n) is 49.0. The maximum absolute atomic E-state index is 13.4. The number of hydrogen-bond donors (Lipinski definition) is 6. The fourth-order valence-electron chi connectivity index (χ4n) is 18.6. The first-order valence-corrected chi connectivity index (χ1v) is 49.0. The van der Waals surface area contributed by atoms with Crippen molar-refractivity contribution < 1.29 is 68.9 Å². The molecule has 5 amide bonds. The number of rotatable bonds is 36. The van der Waals surface area contributed by atoms with Crippen LogP contribution < -0.4 is 26.6 Å². The molecule has 0 bridgehead atoms. The van der Waals surface area contributed by atoms with Gasteiger partial charge in [-0.2, -0.15) is 0 Å². The minimum Gasteiger partial charge on any atom is -0.396 e. The number of benzene rings is 10. The van der Waals surface area contributed by atoms with Gasteiger partial charge < -0.3 is 41.3 Å². The molecule has 2 aliphatic heterocycles. The van der Waals surface area contributed by atoms with Crippen LogP contribution in [0.1, 0.15) is 240 Å². The van der Waals surface area contributed by atoms with Crippen LogP contribution in [-0.4, -0.2) is 122 Å². The highest BCUT2D eigenvalue weighted by Gasteiger charge is 2.29. The Labute approximate surface area is 812 Å². The minimum atomic E-state index is -0.298. The normalized spacial score (nSPS) is 14.9. The largest absolute Gasteiger partial charge is 0.396 e. The van der Waals surface area contributed by atoms with Crippen LogP contribution in [-0.2, 0) is 25.5 Å². The molecule has 2 saturated carbocycles. The second kappa shape index (κ2) is 56.9. The zero-order valence-corrected chi connectivity index (χ0v) is 78.9. The van der Waals surface area contributed by atoms with Crippen molar-refractivity contribution in [3.63, 3.8) is 0 Å². The van der Waals surface area contributed by atoms with E-state index in [0.717, 1.165) is 153 Å². The molecule has 139 heavy (non-hydrogen) atoms. The predicted octanol–water partition coefficient (Wildman–Crippen LogP) is 23.4. The highest BCUT2D eigenvalue weighted by molar-refractivity contribution is 5.94. The molecule has 2 aromatic heterocycles. The number of nitrogens with zero attached hydrogens (tertiary/aromatic N) is 3. The topological polar surface area (TPSA) is 204 Å². The smallest absolute Gasteiger partial charge is 0.252 e. The highest BCUT2D eigenvalue weighted by atomic mass is 19.2. The number of aliphatic hydroxyl groups excluding tert-OH is 1. The number of hydrogen-bond acceptors (Lipinski definition) is 10. The molecule has 2 aliphatic carbocycles. The van der Waals surface area contributed by atoms with Gasteiger partial charge in [0.1, 0.15) is 46.5 Å². The van der Waals surface area contributed by atoms with Gasteiger partial charge in [-0.15, -0.1) is 0 Å². The Hall–Kier alpha value is -12.8. The standard InChI is InChI=1S/C28H31F2N3O.C23H27F2NO2.C22H20F2N2O.C22H27NO.C21H23F2NO2/c29-24-10-5-21(6-11-24)27(22-7-12-25(30)13-8-22)4-3-16-31-28(34)23-9-14-26(32-20-23)15-19-33-17-1-2-18-33;24-20-9-5-17(6-10-20)22(18-7-11-21(25)12-8-18)13-14-26-23(28)19-3-1-16(15-27)2-4-19;23-19-9-5-16(6-10-19)21(17-7-11-20(24)12-8-17)4-2-14-26-22(27)18-3-1-13-25-15-18;24-22(20-14-8-3-9-15-20)23-17-16-21(18-10-4-1-5-11-18)19-12-6-2-7-13-19;22-18-5-1-15(2-6-18)20(16-3-7-19(23)8-4-16)9-12-24-21(25)17-10-13-26-14-11-17/h5-14,20,27H,1-4,15-19H2,(H,31,34);5-12,16,19,22,27H,1-4,13-15H2,(H,26,28);1,3,5-13,15,21H,2,4,14H2,(H,26,27);1-2,4-7,10-13,20-21H,3,8-9,14-17H2,(H,23,24);1-8,17,20H,9-14H2,(H,24,25). The molecular formula is C116H128F8N8O7. The van der Waals surface area contributed by atoms with Gasteiger partial charge >= 0.3 is 0 Å². The Morgan fingerprint density at radius 2 is 0.640 bits per heavy atom. The lowest BCUT2D eigenvalue weighted by Crippen LogP contribution is -2.35. The van der Waals surface area contributed by atoms with Gasteiger partial charge in [0.05, 0.1) is 11.1 Å². The molecule has 0 spiro atoms. The maximum atomic E-state index is 13.4. The average Bonchev–Trinajstić information content (AvgIpc) is 1.07. The SMILES string of the molecule is O=C(NCCC(c1ccc(F)cc1)c1ccc(F)cc1)C1CCC(CO)CC1.O=C(NCCC(c1ccc(F)cc1)c1ccc(F)cc1)C1CCOCC1.O=C(NCCC(c1ccccc1)c1ccccc1)C1CCCCC1.O=C(NCCCC(c1ccc(F)cc1)c1ccc(F)cc1)c1ccc(CCN2CCCC2)nc1.O=C(NCCCC(c1ccc(F)cc1)c1ccc(F)cc1)c1cccnc1. The molecule has 10 aromatic carbocycles. The number of aromatic nitrogens is 2. The summed E-state index contributed by atoms with van der Waals surface area (Å²) >= 11 is 0. The number of amides is 5. The van der Waals surface area contributed by atoms with Gasteiger partial charge in [-0.05, 0) is 305 Å². The Balaban J connectivity index is 0.000000156. The summed E-state index contributed by atoms with van der Waals surface area (Å²) in [7, 11) is 0. The van der Waals surface area contributed by atoms with Gasteiger partial charge in [0.25, 0.3) is 11.8 Å². The number of aliphatic hydroxyl groups is 1. The van der Waals surface area contributed by atoms with E-state index in [9.17, 15) is 64.2 Å². The van der Waals surface area contributed by atoms with Crippen molar-refractivity contribution in [1.82, 2.24) is 41.5 Å². The summed E-state index contributed by atoms with van der Waals surface area (Å²) in [6, 6.07) is 79.2. The van der Waals surface area contributed by atoms with Crippen LogP contribution in [0, 0.1) is 70.2 Å². The number of carbonyl (C=O) groups is 5. The molecule has 15 nitrogen and oxygen atoms in total. The Kier molecular flexibility index (Phi) is 43.0. The quantitative estimate of drug-likeness (QED) is 0.0162. The van der Waals surface area contributed by atoms with Gasteiger partial charge in [-0.3, -0.25) is 33.9 Å². The minimum absolute atomic E-state index is 0.00138. The van der Waals surface area contributed by atoms with Gasteiger partial charge in [0.2, 0.25) is 17.7 Å². The van der Waals surface area contributed by atoms with Crippen molar-refractivity contribution in [1.29, 1.82) is 0 Å². The zero-order valence-electron chi connectivity index (χ0n) is 78.9. The summed E-state index contributed by atoms with van der Waals surface area (Å²) in [4.78, 5) is 72.5. The third-order valence-electron chi connectivity index (χ3n) is 26.6. The number of halogens is 8. The lowest BCUT2D eigenvalue weighted by atomic mass is 9.82. The van der Waals surface area contributed by atoms with Gasteiger partial charge in [-0.1, -0.05) is 177 Å². The molecule has 12 aromatic rings. The van der Waals surface area contributed by atoms with Gasteiger partial charge in [0, 0.05) is 137 Å².